The van der Waals surface area contributed by atoms with Gasteiger partial charge in [-0.3, -0.25) is 4.40 Å². The maximum absolute atomic E-state index is 12.7. The van der Waals surface area contributed by atoms with Crippen LogP contribution in [0.15, 0.2) is 47.8 Å². The van der Waals surface area contributed by atoms with Crippen LogP contribution < -0.4 is 5.32 Å². The van der Waals surface area contributed by atoms with Gasteiger partial charge in [-0.25, -0.2) is 18.4 Å². The predicted molar refractivity (Wildman–Crippen MR) is 97.5 cm³/mol. The lowest BCUT2D eigenvalue weighted by molar-refractivity contribution is 0.0730. The molecule has 0 radical (unpaired) electrons. The highest BCUT2D eigenvalue weighted by atomic mass is 32.2. The summed E-state index contributed by atoms with van der Waals surface area (Å²) in [5.41, 5.74) is 2.47. The van der Waals surface area contributed by atoms with Gasteiger partial charge in [0.05, 0.1) is 30.0 Å². The zero-order valence-electron chi connectivity index (χ0n) is 14.3. The Morgan fingerprint density at radius 1 is 1.12 bits per heavy atom. The lowest BCUT2D eigenvalue weighted by Gasteiger charge is -2.26. The molecule has 2 aromatic heterocycles. The van der Waals surface area contributed by atoms with Crippen LogP contribution in [0.3, 0.4) is 0 Å². The molecule has 1 N–H and O–H groups in total. The first-order valence-corrected chi connectivity index (χ1v) is 9.73. The molecule has 3 heterocycles. The van der Waals surface area contributed by atoms with Crippen LogP contribution in [-0.4, -0.2) is 60.4 Å². The molecule has 0 amide bonds. The quantitative estimate of drug-likeness (QED) is 0.745. The summed E-state index contributed by atoms with van der Waals surface area (Å²) in [5.74, 6) is 0.685. The molecule has 9 heteroatoms. The van der Waals surface area contributed by atoms with E-state index < -0.39 is 10.0 Å². The highest BCUT2D eigenvalue weighted by molar-refractivity contribution is 7.89. The monoisotopic (exact) mass is 373 g/mol. The minimum atomic E-state index is -3.49. The fraction of sp³-hybridized carbons (Fsp3) is 0.294. The Hall–Kier alpha value is -2.49. The smallest absolute Gasteiger partial charge is 0.243 e. The fourth-order valence-electron chi connectivity index (χ4n) is 3.04. The third-order valence-corrected chi connectivity index (χ3v) is 6.34. The summed E-state index contributed by atoms with van der Waals surface area (Å²) in [6, 6.07) is 6.88. The number of morpholine rings is 1. The van der Waals surface area contributed by atoms with Gasteiger partial charge < -0.3 is 10.1 Å². The van der Waals surface area contributed by atoms with E-state index in [4.69, 9.17) is 4.74 Å². The Labute approximate surface area is 151 Å². The van der Waals surface area contributed by atoms with Gasteiger partial charge in [-0.05, 0) is 12.1 Å². The second-order valence-electron chi connectivity index (χ2n) is 5.90. The molecule has 8 nitrogen and oxygen atoms in total. The Bertz CT molecular complexity index is 1020. The van der Waals surface area contributed by atoms with E-state index in [1.165, 1.54) is 4.31 Å². The third-order valence-electron chi connectivity index (χ3n) is 4.42. The van der Waals surface area contributed by atoms with E-state index >= 15 is 0 Å². The first-order valence-electron chi connectivity index (χ1n) is 8.29. The fourth-order valence-corrected chi connectivity index (χ4v) is 4.45. The van der Waals surface area contributed by atoms with E-state index in [1.54, 1.807) is 43.7 Å². The number of imidazole rings is 1. The number of nitrogens with zero attached hydrogens (tertiary/aromatic N) is 4. The standard InChI is InChI=1S/C17H19N5O3S/c1-18-16-17-20-12-15(22(17)7-6-19-16)13-2-4-14(5-3-13)26(23,24)21-8-10-25-11-9-21/h2-7,12H,8-11H2,1H3,(H,18,19). The maximum Gasteiger partial charge on any atom is 0.243 e. The number of ether oxygens (including phenoxy) is 1. The van der Waals surface area contributed by atoms with Crippen molar-refractivity contribution in [2.75, 3.05) is 38.7 Å². The average molecular weight is 373 g/mol. The van der Waals surface area contributed by atoms with Crippen molar-refractivity contribution in [1.29, 1.82) is 0 Å². The van der Waals surface area contributed by atoms with Gasteiger partial charge in [0.2, 0.25) is 10.0 Å². The molecule has 1 aromatic carbocycles. The van der Waals surface area contributed by atoms with E-state index in [2.05, 4.69) is 15.3 Å². The van der Waals surface area contributed by atoms with Crippen molar-refractivity contribution in [3.05, 3.63) is 42.9 Å². The molecule has 0 unspecified atom stereocenters. The van der Waals surface area contributed by atoms with Crippen molar-refractivity contribution < 1.29 is 13.2 Å². The van der Waals surface area contributed by atoms with Gasteiger partial charge >= 0.3 is 0 Å². The van der Waals surface area contributed by atoms with Crippen molar-refractivity contribution in [3.8, 4) is 11.3 Å². The van der Waals surface area contributed by atoms with E-state index in [0.717, 1.165) is 16.9 Å². The maximum atomic E-state index is 12.7. The molecule has 1 aliphatic rings. The van der Waals surface area contributed by atoms with Crippen molar-refractivity contribution in [2.45, 2.75) is 4.90 Å². The molecular weight excluding hydrogens is 354 g/mol. The number of nitrogens with one attached hydrogen (secondary N) is 1. The number of benzene rings is 1. The molecule has 136 valence electrons. The van der Waals surface area contributed by atoms with E-state index in [-0.39, 0.29) is 4.90 Å². The van der Waals surface area contributed by atoms with Crippen molar-refractivity contribution >= 4 is 21.5 Å². The summed E-state index contributed by atoms with van der Waals surface area (Å²) in [6.07, 6.45) is 5.28. The van der Waals surface area contributed by atoms with Crippen LogP contribution >= 0.6 is 0 Å². The van der Waals surface area contributed by atoms with Crippen LogP contribution in [0.2, 0.25) is 0 Å². The second kappa shape index (κ2) is 6.67. The van der Waals surface area contributed by atoms with Gasteiger partial charge in [0.25, 0.3) is 0 Å². The zero-order chi connectivity index (χ0) is 18.1. The lowest BCUT2D eigenvalue weighted by atomic mass is 10.2. The van der Waals surface area contributed by atoms with Crippen LogP contribution in [0.1, 0.15) is 0 Å². The summed E-state index contributed by atoms with van der Waals surface area (Å²) in [5, 5.41) is 3.01. The van der Waals surface area contributed by atoms with Gasteiger partial charge in [-0.15, -0.1) is 0 Å². The van der Waals surface area contributed by atoms with Crippen LogP contribution in [0.25, 0.3) is 16.9 Å². The molecule has 1 saturated heterocycles. The largest absolute Gasteiger partial charge is 0.379 e. The Morgan fingerprint density at radius 2 is 1.85 bits per heavy atom. The van der Waals surface area contributed by atoms with Gasteiger partial charge in [0, 0.05) is 38.1 Å². The van der Waals surface area contributed by atoms with Crippen molar-refractivity contribution in [3.63, 3.8) is 0 Å². The summed E-state index contributed by atoms with van der Waals surface area (Å²) >= 11 is 0. The van der Waals surface area contributed by atoms with Crippen LogP contribution in [0.5, 0.6) is 0 Å². The summed E-state index contributed by atoms with van der Waals surface area (Å²) < 4.78 is 34.1. The molecule has 4 rings (SSSR count). The molecule has 0 bridgehead atoms. The van der Waals surface area contributed by atoms with Gasteiger partial charge in [0.1, 0.15) is 0 Å². The van der Waals surface area contributed by atoms with Crippen LogP contribution in [-0.2, 0) is 14.8 Å². The summed E-state index contributed by atoms with van der Waals surface area (Å²) in [6.45, 7) is 1.64. The molecule has 1 aliphatic heterocycles. The lowest BCUT2D eigenvalue weighted by Crippen LogP contribution is -2.40. The predicted octanol–water partition coefficient (Wildman–Crippen LogP) is 1.46. The highest BCUT2D eigenvalue weighted by Gasteiger charge is 2.26. The molecule has 0 spiro atoms. The highest BCUT2D eigenvalue weighted by Crippen LogP contribution is 2.25. The number of fused-ring (bicyclic) bond motifs is 1. The molecule has 1 fully saturated rings. The van der Waals surface area contributed by atoms with Gasteiger partial charge in [0.15, 0.2) is 11.5 Å². The van der Waals surface area contributed by atoms with Crippen molar-refractivity contribution in [1.82, 2.24) is 18.7 Å². The minimum absolute atomic E-state index is 0.287. The Morgan fingerprint density at radius 3 is 2.54 bits per heavy atom. The number of hydrogen-bond donors (Lipinski definition) is 1. The van der Waals surface area contributed by atoms with Gasteiger partial charge in [-0.2, -0.15) is 4.31 Å². The number of aromatic nitrogens is 3. The first-order chi connectivity index (χ1) is 12.6. The number of anilines is 1. The number of sulfonamides is 1. The molecule has 0 saturated carbocycles. The zero-order valence-corrected chi connectivity index (χ0v) is 15.1. The third kappa shape index (κ3) is 2.83. The van der Waals surface area contributed by atoms with E-state index in [1.807, 2.05) is 10.6 Å². The Kier molecular flexibility index (Phi) is 4.35. The molecule has 26 heavy (non-hydrogen) atoms. The summed E-state index contributed by atoms with van der Waals surface area (Å²) in [7, 11) is -1.70. The normalized spacial score (nSPS) is 16.0. The molecule has 0 atom stereocenters. The number of hydrogen-bond acceptors (Lipinski definition) is 6. The van der Waals surface area contributed by atoms with Crippen molar-refractivity contribution in [2.24, 2.45) is 0 Å². The second-order valence-corrected chi connectivity index (χ2v) is 7.84. The average Bonchev–Trinajstić information content (AvgIpc) is 3.13. The first kappa shape index (κ1) is 17.0. The van der Waals surface area contributed by atoms with Crippen LogP contribution in [0.4, 0.5) is 5.82 Å². The summed E-state index contributed by atoms with van der Waals surface area (Å²) in [4.78, 5) is 8.94. The minimum Gasteiger partial charge on any atom is -0.379 e. The molecule has 0 aliphatic carbocycles. The van der Waals surface area contributed by atoms with Gasteiger partial charge in [-0.1, -0.05) is 12.1 Å². The van der Waals surface area contributed by atoms with Crippen LogP contribution in [0, 0.1) is 0 Å². The molecule has 3 aromatic rings. The Balaban J connectivity index is 1.68. The SMILES string of the molecule is CNc1nccn2c(-c3ccc(S(=O)(=O)N4CCOCC4)cc3)cnc12. The number of rotatable bonds is 4. The topological polar surface area (TPSA) is 88.8 Å². The van der Waals surface area contributed by atoms with E-state index in [0.29, 0.717) is 32.1 Å². The van der Waals surface area contributed by atoms with E-state index in [9.17, 15) is 8.42 Å². The molecular formula is C17H19N5O3S.